The second kappa shape index (κ2) is 6.35. The standard InChI is InChI=1S/C15H19FN2O/c1-4-18(11-15(2,3)19)14(9-10-17)12-5-7-13(16)8-6-12/h5-9,19H,4,11H2,1-3H3/b14-9+. The zero-order valence-electron chi connectivity index (χ0n) is 11.5. The van der Waals surface area contributed by atoms with Gasteiger partial charge in [0.2, 0.25) is 0 Å². The smallest absolute Gasteiger partial charge is 0.123 e. The highest BCUT2D eigenvalue weighted by molar-refractivity contribution is 5.66. The molecule has 1 aromatic carbocycles. The maximum atomic E-state index is 13.0. The number of rotatable bonds is 5. The summed E-state index contributed by atoms with van der Waals surface area (Å²) in [6, 6.07) is 7.98. The van der Waals surface area contributed by atoms with E-state index in [0.29, 0.717) is 18.8 Å². The molecule has 0 heterocycles. The van der Waals surface area contributed by atoms with E-state index in [2.05, 4.69) is 0 Å². The third-order valence-electron chi connectivity index (χ3n) is 2.64. The van der Waals surface area contributed by atoms with E-state index in [1.807, 2.05) is 17.9 Å². The van der Waals surface area contributed by atoms with E-state index in [1.165, 1.54) is 18.2 Å². The van der Waals surface area contributed by atoms with Crippen LogP contribution in [0.25, 0.3) is 5.70 Å². The van der Waals surface area contributed by atoms with Gasteiger partial charge in [-0.05, 0) is 50.6 Å². The fourth-order valence-electron chi connectivity index (χ4n) is 1.87. The number of hydrogen-bond donors (Lipinski definition) is 1. The molecule has 19 heavy (non-hydrogen) atoms. The summed E-state index contributed by atoms with van der Waals surface area (Å²) >= 11 is 0. The zero-order valence-corrected chi connectivity index (χ0v) is 11.5. The topological polar surface area (TPSA) is 47.3 Å². The highest BCUT2D eigenvalue weighted by Crippen LogP contribution is 2.21. The lowest BCUT2D eigenvalue weighted by Crippen LogP contribution is -2.37. The van der Waals surface area contributed by atoms with Crippen LogP contribution in [0.4, 0.5) is 4.39 Å². The van der Waals surface area contributed by atoms with E-state index in [9.17, 15) is 9.50 Å². The van der Waals surface area contributed by atoms with Crippen molar-refractivity contribution >= 4 is 5.70 Å². The molecule has 0 aromatic heterocycles. The first-order valence-corrected chi connectivity index (χ1v) is 6.20. The Morgan fingerprint density at radius 2 is 2.00 bits per heavy atom. The van der Waals surface area contributed by atoms with Gasteiger partial charge in [0.25, 0.3) is 0 Å². The summed E-state index contributed by atoms with van der Waals surface area (Å²) in [7, 11) is 0. The van der Waals surface area contributed by atoms with Crippen molar-refractivity contribution < 1.29 is 9.50 Å². The summed E-state index contributed by atoms with van der Waals surface area (Å²) in [5.41, 5.74) is 0.575. The van der Waals surface area contributed by atoms with Gasteiger partial charge in [0.05, 0.1) is 17.4 Å². The minimum atomic E-state index is -0.870. The third kappa shape index (κ3) is 4.72. The monoisotopic (exact) mass is 262 g/mol. The van der Waals surface area contributed by atoms with Crippen molar-refractivity contribution in [1.29, 1.82) is 5.26 Å². The van der Waals surface area contributed by atoms with Gasteiger partial charge >= 0.3 is 0 Å². The molecule has 0 aliphatic heterocycles. The molecule has 4 heteroatoms. The average Bonchev–Trinajstić information content (AvgIpc) is 2.33. The van der Waals surface area contributed by atoms with E-state index in [0.717, 1.165) is 5.56 Å². The van der Waals surface area contributed by atoms with Crippen LogP contribution in [0.3, 0.4) is 0 Å². The zero-order chi connectivity index (χ0) is 14.5. The second-order valence-corrected chi connectivity index (χ2v) is 4.99. The van der Waals surface area contributed by atoms with Crippen molar-refractivity contribution in [2.75, 3.05) is 13.1 Å². The molecule has 0 amide bonds. The molecule has 0 aliphatic rings. The van der Waals surface area contributed by atoms with Gasteiger partial charge in [-0.1, -0.05) is 0 Å². The summed E-state index contributed by atoms with van der Waals surface area (Å²) in [6.45, 7) is 6.42. The molecule has 0 spiro atoms. The minimum absolute atomic E-state index is 0.314. The third-order valence-corrected chi connectivity index (χ3v) is 2.64. The van der Waals surface area contributed by atoms with Crippen LogP contribution in [0.1, 0.15) is 26.3 Å². The summed E-state index contributed by atoms with van der Waals surface area (Å²) in [5.74, 6) is -0.314. The van der Waals surface area contributed by atoms with Gasteiger partial charge in [-0.15, -0.1) is 0 Å². The first kappa shape index (κ1) is 15.2. The van der Waals surface area contributed by atoms with Crippen LogP contribution in [0.5, 0.6) is 0 Å². The molecule has 0 fully saturated rings. The summed E-state index contributed by atoms with van der Waals surface area (Å²) < 4.78 is 13.0. The molecular formula is C15H19FN2O. The number of nitriles is 1. The molecule has 0 unspecified atom stereocenters. The van der Waals surface area contributed by atoms with Crippen molar-refractivity contribution in [3.63, 3.8) is 0 Å². The van der Waals surface area contributed by atoms with E-state index < -0.39 is 5.60 Å². The van der Waals surface area contributed by atoms with Gasteiger partial charge in [0.15, 0.2) is 0 Å². The highest BCUT2D eigenvalue weighted by atomic mass is 19.1. The van der Waals surface area contributed by atoms with E-state index in [-0.39, 0.29) is 5.82 Å². The Morgan fingerprint density at radius 1 is 1.42 bits per heavy atom. The van der Waals surface area contributed by atoms with Gasteiger partial charge in [0.1, 0.15) is 5.82 Å². The number of allylic oxidation sites excluding steroid dienone is 1. The molecule has 0 bridgehead atoms. The van der Waals surface area contributed by atoms with E-state index in [1.54, 1.807) is 26.0 Å². The predicted octanol–water partition coefficient (Wildman–Crippen LogP) is 2.78. The Morgan fingerprint density at radius 3 is 2.42 bits per heavy atom. The second-order valence-electron chi connectivity index (χ2n) is 4.99. The van der Waals surface area contributed by atoms with Crippen LogP contribution in [0, 0.1) is 17.1 Å². The quantitative estimate of drug-likeness (QED) is 0.830. The van der Waals surface area contributed by atoms with Gasteiger partial charge in [-0.25, -0.2) is 4.39 Å². The lowest BCUT2D eigenvalue weighted by Gasteiger charge is -2.31. The molecule has 102 valence electrons. The maximum Gasteiger partial charge on any atom is 0.123 e. The maximum absolute atomic E-state index is 13.0. The van der Waals surface area contributed by atoms with Gasteiger partial charge in [-0.3, -0.25) is 0 Å². The van der Waals surface area contributed by atoms with Crippen LogP contribution in [0.2, 0.25) is 0 Å². The number of nitrogens with zero attached hydrogens (tertiary/aromatic N) is 2. The Labute approximate surface area is 113 Å². The molecular weight excluding hydrogens is 243 g/mol. The Hall–Kier alpha value is -1.86. The first-order valence-electron chi connectivity index (χ1n) is 6.20. The van der Waals surface area contributed by atoms with Crippen LogP contribution in [-0.4, -0.2) is 28.7 Å². The molecule has 0 saturated carbocycles. The first-order chi connectivity index (χ1) is 8.87. The minimum Gasteiger partial charge on any atom is -0.389 e. The van der Waals surface area contributed by atoms with Crippen molar-refractivity contribution in [1.82, 2.24) is 4.90 Å². The SMILES string of the molecule is CCN(CC(C)(C)O)/C(=C/C#N)c1ccc(F)cc1. The summed E-state index contributed by atoms with van der Waals surface area (Å²) in [6.07, 6.45) is 1.42. The van der Waals surface area contributed by atoms with Crippen molar-refractivity contribution in [3.05, 3.63) is 41.7 Å². The highest BCUT2D eigenvalue weighted by Gasteiger charge is 2.20. The van der Waals surface area contributed by atoms with Gasteiger partial charge in [-0.2, -0.15) is 5.26 Å². The molecule has 0 radical (unpaired) electrons. The number of aliphatic hydroxyl groups is 1. The Bertz CT molecular complexity index is 480. The molecule has 0 atom stereocenters. The van der Waals surface area contributed by atoms with Crippen molar-refractivity contribution in [2.45, 2.75) is 26.4 Å². The predicted molar refractivity (Wildman–Crippen MR) is 73.5 cm³/mol. The van der Waals surface area contributed by atoms with Gasteiger partial charge in [0, 0.05) is 19.2 Å². The van der Waals surface area contributed by atoms with Crippen LogP contribution < -0.4 is 0 Å². The fourth-order valence-corrected chi connectivity index (χ4v) is 1.87. The average molecular weight is 262 g/mol. The molecule has 0 saturated heterocycles. The Balaban J connectivity index is 3.10. The molecule has 1 N–H and O–H groups in total. The Kier molecular flexibility index (Phi) is 5.08. The fraction of sp³-hybridized carbons (Fsp3) is 0.400. The van der Waals surface area contributed by atoms with E-state index in [4.69, 9.17) is 5.26 Å². The lowest BCUT2D eigenvalue weighted by atomic mass is 10.1. The number of benzene rings is 1. The largest absolute Gasteiger partial charge is 0.389 e. The molecule has 1 rings (SSSR count). The molecule has 0 aliphatic carbocycles. The van der Waals surface area contributed by atoms with Gasteiger partial charge < -0.3 is 10.0 Å². The number of likely N-dealkylation sites (N-methyl/N-ethyl adjacent to an activating group) is 1. The van der Waals surface area contributed by atoms with Crippen LogP contribution in [-0.2, 0) is 0 Å². The van der Waals surface area contributed by atoms with Crippen molar-refractivity contribution in [2.24, 2.45) is 0 Å². The van der Waals surface area contributed by atoms with Crippen molar-refractivity contribution in [3.8, 4) is 6.07 Å². The molecule has 1 aromatic rings. The summed E-state index contributed by atoms with van der Waals surface area (Å²) in [4.78, 5) is 1.90. The number of hydrogen-bond acceptors (Lipinski definition) is 3. The molecule has 3 nitrogen and oxygen atoms in total. The lowest BCUT2D eigenvalue weighted by molar-refractivity contribution is 0.0547. The van der Waals surface area contributed by atoms with E-state index >= 15 is 0 Å². The summed E-state index contributed by atoms with van der Waals surface area (Å²) in [5, 5.41) is 18.8. The van der Waals surface area contributed by atoms with Crippen LogP contribution in [0.15, 0.2) is 30.3 Å². The number of halogens is 1. The normalized spacial score (nSPS) is 12.1. The van der Waals surface area contributed by atoms with Crippen LogP contribution >= 0.6 is 0 Å².